The van der Waals surface area contributed by atoms with Crippen LogP contribution in [0, 0.1) is 0 Å². The molecule has 4 amide bonds. The molecule has 0 aromatic heterocycles. The van der Waals surface area contributed by atoms with Crippen molar-refractivity contribution in [3.63, 3.8) is 0 Å². The highest BCUT2D eigenvalue weighted by atomic mass is 35.5. The molecule has 0 saturated carbocycles. The van der Waals surface area contributed by atoms with Crippen molar-refractivity contribution in [2.75, 3.05) is 39.2 Å². The Morgan fingerprint density at radius 3 is 2.62 bits per heavy atom. The maximum Gasteiger partial charge on any atom is 0.328 e. The molecule has 11 heteroatoms. The van der Waals surface area contributed by atoms with Crippen LogP contribution < -0.4 is 25.4 Å². The number of rotatable bonds is 7. The lowest BCUT2D eigenvalue weighted by molar-refractivity contribution is -0.139. The average Bonchev–Trinajstić information content (AvgIpc) is 2.85. The predicted octanol–water partition coefficient (Wildman–Crippen LogP) is 1.65. The normalized spacial score (nSPS) is 20.1. The Bertz CT molecular complexity index is 1100. The summed E-state index contributed by atoms with van der Waals surface area (Å²) in [6.07, 6.45) is -0.653. The summed E-state index contributed by atoms with van der Waals surface area (Å²) >= 11 is 6.26. The van der Waals surface area contributed by atoms with Gasteiger partial charge in [-0.2, -0.15) is 0 Å². The summed E-state index contributed by atoms with van der Waals surface area (Å²) in [5, 5.41) is 9.57. The van der Waals surface area contributed by atoms with Crippen molar-refractivity contribution in [2.45, 2.75) is 18.8 Å². The Morgan fingerprint density at radius 2 is 1.88 bits per heavy atom. The summed E-state index contributed by atoms with van der Waals surface area (Å²) in [4.78, 5) is 42.0. The molecule has 34 heavy (non-hydrogen) atoms. The predicted molar refractivity (Wildman–Crippen MR) is 126 cm³/mol. The fourth-order valence-electron chi connectivity index (χ4n) is 4.08. The number of hydrogen-bond donors (Lipinski definition) is 3. The standard InChI is InChI=1S/C23H26ClN5O5/c1-33-15-7-8-17(18(11-15)34-2)27-19(30)13-28-21-20(25-9-10-26-21)22(31)29(23(28)32)12-14-5-3-4-6-16(14)24/h3-8,11,20-21,25-26H,9-10,12-13H2,1-2H3,(H,27,30). The van der Waals surface area contributed by atoms with Gasteiger partial charge in [0.2, 0.25) is 5.91 Å². The van der Waals surface area contributed by atoms with Crippen LogP contribution in [-0.4, -0.2) is 73.7 Å². The summed E-state index contributed by atoms with van der Waals surface area (Å²) in [6.45, 7) is 0.851. The van der Waals surface area contributed by atoms with E-state index >= 15 is 0 Å². The number of fused-ring (bicyclic) bond motifs is 1. The minimum atomic E-state index is -0.683. The van der Waals surface area contributed by atoms with Crippen LogP contribution in [0.3, 0.4) is 0 Å². The Balaban J connectivity index is 1.55. The molecule has 0 bridgehead atoms. The minimum Gasteiger partial charge on any atom is -0.497 e. The summed E-state index contributed by atoms with van der Waals surface area (Å²) < 4.78 is 10.5. The van der Waals surface area contributed by atoms with Gasteiger partial charge in [-0.3, -0.25) is 24.7 Å². The van der Waals surface area contributed by atoms with Gasteiger partial charge in [0.15, 0.2) is 0 Å². The van der Waals surface area contributed by atoms with E-state index in [-0.39, 0.29) is 19.0 Å². The molecule has 0 radical (unpaired) electrons. The highest BCUT2D eigenvalue weighted by Crippen LogP contribution is 2.29. The molecule has 2 heterocycles. The molecule has 2 saturated heterocycles. The van der Waals surface area contributed by atoms with Crippen LogP contribution in [-0.2, 0) is 16.1 Å². The number of carbonyl (C=O) groups is 3. The summed E-state index contributed by atoms with van der Waals surface area (Å²) in [5.74, 6) is 0.198. The molecule has 2 unspecified atom stereocenters. The van der Waals surface area contributed by atoms with Gasteiger partial charge in [-0.15, -0.1) is 0 Å². The van der Waals surface area contributed by atoms with Gasteiger partial charge in [0.25, 0.3) is 5.91 Å². The number of benzene rings is 2. The van der Waals surface area contributed by atoms with Gasteiger partial charge in [-0.25, -0.2) is 4.79 Å². The van der Waals surface area contributed by atoms with Crippen LogP contribution in [0.25, 0.3) is 0 Å². The average molecular weight is 488 g/mol. The molecule has 10 nitrogen and oxygen atoms in total. The Kier molecular flexibility index (Phi) is 7.20. The molecular formula is C23H26ClN5O5. The molecule has 2 aromatic rings. The number of piperazine rings is 1. The molecule has 4 rings (SSSR count). The number of carbonyl (C=O) groups excluding carboxylic acids is 3. The second-order valence-corrected chi connectivity index (χ2v) is 8.28. The van der Waals surface area contributed by atoms with Gasteiger partial charge in [0, 0.05) is 24.2 Å². The van der Waals surface area contributed by atoms with Gasteiger partial charge < -0.3 is 20.1 Å². The van der Waals surface area contributed by atoms with E-state index in [4.69, 9.17) is 21.1 Å². The molecule has 2 aliphatic rings. The van der Waals surface area contributed by atoms with Crippen molar-refractivity contribution in [1.29, 1.82) is 0 Å². The van der Waals surface area contributed by atoms with E-state index in [1.54, 1.807) is 42.5 Å². The van der Waals surface area contributed by atoms with Gasteiger partial charge in [0.1, 0.15) is 30.3 Å². The quantitative estimate of drug-likeness (QED) is 0.544. The van der Waals surface area contributed by atoms with Crippen molar-refractivity contribution in [2.24, 2.45) is 0 Å². The van der Waals surface area contributed by atoms with E-state index in [1.165, 1.54) is 19.1 Å². The van der Waals surface area contributed by atoms with Crippen LogP contribution in [0.5, 0.6) is 11.5 Å². The number of nitrogens with one attached hydrogen (secondary N) is 3. The van der Waals surface area contributed by atoms with Crippen molar-refractivity contribution in [1.82, 2.24) is 20.4 Å². The fourth-order valence-corrected chi connectivity index (χ4v) is 4.28. The Morgan fingerprint density at radius 1 is 1.12 bits per heavy atom. The largest absolute Gasteiger partial charge is 0.497 e. The van der Waals surface area contributed by atoms with Gasteiger partial charge >= 0.3 is 6.03 Å². The van der Waals surface area contributed by atoms with Gasteiger partial charge in [-0.05, 0) is 23.8 Å². The fraction of sp³-hybridized carbons (Fsp3) is 0.348. The number of methoxy groups -OCH3 is 2. The van der Waals surface area contributed by atoms with Crippen molar-refractivity contribution >= 4 is 35.1 Å². The molecule has 2 fully saturated rings. The molecular weight excluding hydrogens is 462 g/mol. The van der Waals surface area contributed by atoms with Gasteiger partial charge in [-0.1, -0.05) is 29.8 Å². The van der Waals surface area contributed by atoms with Crippen LogP contribution >= 0.6 is 11.6 Å². The molecule has 2 atom stereocenters. The number of anilines is 1. The number of hydrogen-bond acceptors (Lipinski definition) is 7. The first kappa shape index (κ1) is 23.8. The Hall–Kier alpha value is -3.34. The number of imide groups is 1. The number of amides is 4. The molecule has 0 spiro atoms. The zero-order valence-corrected chi connectivity index (χ0v) is 19.6. The zero-order valence-electron chi connectivity index (χ0n) is 18.8. The van der Waals surface area contributed by atoms with E-state index < -0.39 is 24.1 Å². The van der Waals surface area contributed by atoms with Crippen molar-refractivity contribution < 1.29 is 23.9 Å². The maximum atomic E-state index is 13.4. The lowest BCUT2D eigenvalue weighted by Crippen LogP contribution is -2.75. The first-order valence-corrected chi connectivity index (χ1v) is 11.1. The third-order valence-electron chi connectivity index (χ3n) is 5.79. The molecule has 2 aromatic carbocycles. The number of halogens is 1. The van der Waals surface area contributed by atoms with Gasteiger partial charge in [0.05, 0.1) is 26.5 Å². The van der Waals surface area contributed by atoms with E-state index in [0.717, 1.165) is 4.90 Å². The third-order valence-corrected chi connectivity index (χ3v) is 6.15. The third kappa shape index (κ3) is 4.79. The SMILES string of the molecule is COc1ccc(NC(=O)CN2C(=O)N(Cc3ccccc3Cl)C(=O)C3NCCNC32)c(OC)c1. The Labute approximate surface area is 202 Å². The van der Waals surface area contributed by atoms with Crippen molar-refractivity contribution in [3.05, 3.63) is 53.1 Å². The zero-order chi connectivity index (χ0) is 24.2. The van der Waals surface area contributed by atoms with E-state index in [2.05, 4.69) is 16.0 Å². The van der Waals surface area contributed by atoms with E-state index in [1.807, 2.05) is 0 Å². The maximum absolute atomic E-state index is 13.4. The minimum absolute atomic E-state index is 0.00661. The van der Waals surface area contributed by atoms with Crippen molar-refractivity contribution in [3.8, 4) is 11.5 Å². The molecule has 0 aliphatic carbocycles. The molecule has 2 aliphatic heterocycles. The molecule has 180 valence electrons. The monoisotopic (exact) mass is 487 g/mol. The van der Waals surface area contributed by atoms with Crippen LogP contribution in [0.1, 0.15) is 5.56 Å². The highest BCUT2D eigenvalue weighted by molar-refractivity contribution is 6.31. The smallest absolute Gasteiger partial charge is 0.328 e. The summed E-state index contributed by atoms with van der Waals surface area (Å²) in [6, 6.07) is 10.8. The topological polar surface area (TPSA) is 112 Å². The molecule has 3 N–H and O–H groups in total. The van der Waals surface area contributed by atoms with Crippen LogP contribution in [0.15, 0.2) is 42.5 Å². The summed E-state index contributed by atoms with van der Waals surface area (Å²) in [5.41, 5.74) is 1.08. The van der Waals surface area contributed by atoms with Crippen LogP contribution in [0.4, 0.5) is 10.5 Å². The second-order valence-electron chi connectivity index (χ2n) is 7.87. The number of nitrogens with zero attached hydrogens (tertiary/aromatic N) is 2. The van der Waals surface area contributed by atoms with E-state index in [9.17, 15) is 14.4 Å². The number of ether oxygens (including phenoxy) is 2. The lowest BCUT2D eigenvalue weighted by Gasteiger charge is -2.47. The summed E-state index contributed by atoms with van der Waals surface area (Å²) in [7, 11) is 3.02. The number of urea groups is 1. The first-order chi connectivity index (χ1) is 16.4. The van der Waals surface area contributed by atoms with Crippen LogP contribution in [0.2, 0.25) is 5.02 Å². The van der Waals surface area contributed by atoms with E-state index in [0.29, 0.717) is 40.9 Å². The lowest BCUT2D eigenvalue weighted by atomic mass is 10.1. The highest BCUT2D eigenvalue weighted by Gasteiger charge is 2.47. The first-order valence-electron chi connectivity index (χ1n) is 10.8. The second kappa shape index (κ2) is 10.3.